The number of methoxy groups -OCH3 is 1. The third kappa shape index (κ3) is 8.19. The molecule has 236 valence electrons. The molecule has 3 aromatic rings. The van der Waals surface area contributed by atoms with E-state index < -0.39 is 39.3 Å². The second kappa shape index (κ2) is 15.2. The van der Waals surface area contributed by atoms with E-state index in [4.69, 9.17) is 27.9 Å². The van der Waals surface area contributed by atoms with Crippen molar-refractivity contribution in [1.82, 2.24) is 10.2 Å². The Morgan fingerprint density at radius 2 is 1.70 bits per heavy atom. The Kier molecular flexibility index (Phi) is 12.0. The van der Waals surface area contributed by atoms with E-state index in [0.29, 0.717) is 17.9 Å². The van der Waals surface area contributed by atoms with Crippen LogP contribution in [0.25, 0.3) is 0 Å². The van der Waals surface area contributed by atoms with E-state index in [9.17, 15) is 28.1 Å². The molecule has 14 heteroatoms. The van der Waals surface area contributed by atoms with Gasteiger partial charge in [-0.15, -0.1) is 0 Å². The van der Waals surface area contributed by atoms with Crippen LogP contribution in [0.2, 0.25) is 10.0 Å². The Labute approximate surface area is 266 Å². The zero-order valence-corrected chi connectivity index (χ0v) is 27.1. The first-order valence-electron chi connectivity index (χ1n) is 13.7. The van der Waals surface area contributed by atoms with Gasteiger partial charge in [0.15, 0.2) is 0 Å². The highest BCUT2D eigenvalue weighted by Crippen LogP contribution is 2.31. The summed E-state index contributed by atoms with van der Waals surface area (Å²) in [5.41, 5.74) is 0.356. The number of nitro benzene ring substituents is 1. The maximum atomic E-state index is 14.1. The molecular weight excluding hydrogens is 631 g/mol. The van der Waals surface area contributed by atoms with Crippen molar-refractivity contribution in [2.24, 2.45) is 0 Å². The van der Waals surface area contributed by atoms with Crippen molar-refractivity contribution >= 4 is 56.4 Å². The number of amides is 2. The molecule has 44 heavy (non-hydrogen) atoms. The van der Waals surface area contributed by atoms with Crippen molar-refractivity contribution in [2.75, 3.05) is 24.5 Å². The Morgan fingerprint density at radius 1 is 1.07 bits per heavy atom. The number of unbranched alkanes of at least 4 members (excludes halogenated alkanes) is 1. The lowest BCUT2D eigenvalue weighted by Gasteiger charge is -2.32. The summed E-state index contributed by atoms with van der Waals surface area (Å²) >= 11 is 12.8. The van der Waals surface area contributed by atoms with Gasteiger partial charge in [-0.2, -0.15) is 0 Å². The first-order valence-corrected chi connectivity index (χ1v) is 15.9. The molecule has 0 fully saturated rings. The topological polar surface area (TPSA) is 139 Å². The number of nitrogens with one attached hydrogen (secondary N) is 1. The molecule has 0 aliphatic carbocycles. The Hall–Kier alpha value is -3.87. The molecule has 2 amide bonds. The molecule has 0 aliphatic heterocycles. The van der Waals surface area contributed by atoms with Crippen LogP contribution in [0.4, 0.5) is 11.4 Å². The number of carbonyl (C=O) groups excluding carboxylic acids is 2. The monoisotopic (exact) mass is 664 g/mol. The van der Waals surface area contributed by atoms with Gasteiger partial charge in [0, 0.05) is 40.3 Å². The van der Waals surface area contributed by atoms with E-state index in [1.165, 1.54) is 62.3 Å². The summed E-state index contributed by atoms with van der Waals surface area (Å²) in [6.45, 7) is 4.45. The summed E-state index contributed by atoms with van der Waals surface area (Å²) in [5, 5.41) is 14.9. The van der Waals surface area contributed by atoms with Crippen molar-refractivity contribution in [3.05, 3.63) is 92.0 Å². The smallest absolute Gasteiger partial charge is 0.273 e. The molecule has 3 aromatic carbocycles. The van der Waals surface area contributed by atoms with Crippen LogP contribution >= 0.6 is 23.2 Å². The van der Waals surface area contributed by atoms with Crippen molar-refractivity contribution in [1.29, 1.82) is 0 Å². The summed E-state index contributed by atoms with van der Waals surface area (Å²) in [5.74, 6) is -0.737. The average molecular weight is 666 g/mol. The van der Waals surface area contributed by atoms with Gasteiger partial charge in [-0.3, -0.25) is 24.0 Å². The van der Waals surface area contributed by atoms with Crippen LogP contribution in [0.3, 0.4) is 0 Å². The van der Waals surface area contributed by atoms with E-state index in [1.54, 1.807) is 18.2 Å². The van der Waals surface area contributed by atoms with Crippen molar-refractivity contribution in [3.63, 3.8) is 0 Å². The van der Waals surface area contributed by atoms with Gasteiger partial charge in [0.25, 0.3) is 15.7 Å². The highest BCUT2D eigenvalue weighted by atomic mass is 35.5. The Bertz CT molecular complexity index is 1600. The lowest BCUT2D eigenvalue weighted by molar-refractivity contribution is -0.385. The van der Waals surface area contributed by atoms with Crippen LogP contribution in [0.15, 0.2) is 65.6 Å². The van der Waals surface area contributed by atoms with E-state index in [2.05, 4.69) is 5.32 Å². The molecule has 0 saturated heterocycles. The second-order valence-electron chi connectivity index (χ2n) is 9.96. The fraction of sp³-hybridized carbons (Fsp3) is 0.333. The third-order valence-electron chi connectivity index (χ3n) is 6.99. The van der Waals surface area contributed by atoms with Crippen LogP contribution in [-0.2, 0) is 26.2 Å². The number of nitro groups is 1. The van der Waals surface area contributed by atoms with E-state index in [1.807, 2.05) is 6.92 Å². The lowest BCUT2D eigenvalue weighted by atomic mass is 10.1. The van der Waals surface area contributed by atoms with Gasteiger partial charge in [0.2, 0.25) is 11.8 Å². The molecule has 1 atom stereocenters. The quantitative estimate of drug-likeness (QED) is 0.132. The Balaban J connectivity index is 2.10. The molecule has 0 spiro atoms. The van der Waals surface area contributed by atoms with Crippen LogP contribution in [0.5, 0.6) is 5.75 Å². The number of anilines is 1. The Morgan fingerprint density at radius 3 is 2.27 bits per heavy atom. The number of sulfonamides is 1. The van der Waals surface area contributed by atoms with E-state index in [0.717, 1.165) is 23.2 Å². The summed E-state index contributed by atoms with van der Waals surface area (Å²) in [6, 6.07) is 13.2. The SMILES string of the molecule is CCCCNC(=O)[C@@H](C)N(Cc1c(Cl)cccc1Cl)C(=O)CN(c1ccc(OC)cc1)S(=O)(=O)c1ccc(C)c([N+](=O)[O-])c1. The van der Waals surface area contributed by atoms with Gasteiger partial charge < -0.3 is 15.0 Å². The molecule has 0 heterocycles. The number of ether oxygens (including phenoxy) is 1. The van der Waals surface area contributed by atoms with E-state index >= 15 is 0 Å². The van der Waals surface area contributed by atoms with Crippen molar-refractivity contribution in [2.45, 2.75) is 51.1 Å². The number of aryl methyl sites for hydroxylation is 1. The maximum Gasteiger partial charge on any atom is 0.273 e. The van der Waals surface area contributed by atoms with Crippen molar-refractivity contribution < 1.29 is 27.7 Å². The first kappa shape index (κ1) is 34.6. The van der Waals surface area contributed by atoms with Gasteiger partial charge in [0.1, 0.15) is 18.3 Å². The van der Waals surface area contributed by atoms with Gasteiger partial charge >= 0.3 is 0 Å². The van der Waals surface area contributed by atoms with Crippen LogP contribution in [-0.4, -0.2) is 56.3 Å². The number of rotatable bonds is 14. The molecule has 11 nitrogen and oxygen atoms in total. The number of nitrogens with zero attached hydrogens (tertiary/aromatic N) is 3. The zero-order valence-electron chi connectivity index (χ0n) is 24.7. The zero-order chi connectivity index (χ0) is 32.6. The minimum absolute atomic E-state index is 0.0955. The normalized spacial score (nSPS) is 11.9. The number of carbonyl (C=O) groups is 2. The predicted molar refractivity (Wildman–Crippen MR) is 170 cm³/mol. The summed E-state index contributed by atoms with van der Waals surface area (Å²) in [7, 11) is -3.09. The van der Waals surface area contributed by atoms with Crippen molar-refractivity contribution in [3.8, 4) is 5.75 Å². The number of hydrogen-bond acceptors (Lipinski definition) is 7. The van der Waals surface area contributed by atoms with Gasteiger partial charge in [-0.1, -0.05) is 48.7 Å². The van der Waals surface area contributed by atoms with Gasteiger partial charge in [-0.25, -0.2) is 8.42 Å². The standard InChI is InChI=1S/C30H34Cl2N4O7S/c1-5-6-16-33-30(38)21(3)34(18-25-26(31)8-7-9-27(25)32)29(37)19-35(22-11-13-23(43-4)14-12-22)44(41,42)24-15-10-20(2)28(17-24)36(39)40/h7-15,17,21H,5-6,16,18-19H2,1-4H3,(H,33,38)/t21-/m1/s1. The number of benzene rings is 3. The minimum atomic E-state index is -4.54. The molecule has 0 bridgehead atoms. The predicted octanol–water partition coefficient (Wildman–Crippen LogP) is 5.75. The summed E-state index contributed by atoms with van der Waals surface area (Å²) in [6.07, 6.45) is 1.58. The van der Waals surface area contributed by atoms with Crippen LogP contribution < -0.4 is 14.4 Å². The van der Waals surface area contributed by atoms with Crippen LogP contribution in [0, 0.1) is 17.0 Å². The molecular formula is C30H34Cl2N4O7S. The highest BCUT2D eigenvalue weighted by molar-refractivity contribution is 7.92. The number of halogens is 2. The fourth-order valence-electron chi connectivity index (χ4n) is 4.32. The fourth-order valence-corrected chi connectivity index (χ4v) is 6.27. The molecule has 0 saturated carbocycles. The maximum absolute atomic E-state index is 14.1. The summed E-state index contributed by atoms with van der Waals surface area (Å²) < 4.78 is 34.1. The van der Waals surface area contributed by atoms with Gasteiger partial charge in [-0.05, 0) is 62.7 Å². The van der Waals surface area contributed by atoms with Gasteiger partial charge in [0.05, 0.1) is 22.6 Å². The third-order valence-corrected chi connectivity index (χ3v) is 9.47. The molecule has 3 rings (SSSR count). The largest absolute Gasteiger partial charge is 0.497 e. The second-order valence-corrected chi connectivity index (χ2v) is 12.6. The lowest BCUT2D eigenvalue weighted by Crippen LogP contribution is -2.51. The molecule has 0 radical (unpaired) electrons. The number of hydrogen-bond donors (Lipinski definition) is 1. The molecule has 0 unspecified atom stereocenters. The molecule has 0 aromatic heterocycles. The first-order chi connectivity index (χ1) is 20.8. The van der Waals surface area contributed by atoms with Crippen LogP contribution in [0.1, 0.15) is 37.8 Å². The average Bonchev–Trinajstić information content (AvgIpc) is 2.99. The minimum Gasteiger partial charge on any atom is -0.497 e. The molecule has 0 aliphatic rings. The highest BCUT2D eigenvalue weighted by Gasteiger charge is 2.34. The molecule has 1 N–H and O–H groups in total. The van der Waals surface area contributed by atoms with E-state index in [-0.39, 0.29) is 38.4 Å². The summed E-state index contributed by atoms with van der Waals surface area (Å²) in [4.78, 5) is 39.0.